The minimum absolute atomic E-state index is 0.0430. The van der Waals surface area contributed by atoms with Gasteiger partial charge in [0.2, 0.25) is 10.0 Å². The second kappa shape index (κ2) is 5.66. The van der Waals surface area contributed by atoms with E-state index in [1.807, 2.05) is 0 Å². The standard InChI is InChI=1S/C13H13F2N3O2S/c1-17-21(19,20)8-5-6-10(16)12(7-8)18-11-4-2-3-9(14)13(11)15/h2-7,17-18H,16H2,1H3. The summed E-state index contributed by atoms with van der Waals surface area (Å²) in [5.74, 6) is -2.09. The van der Waals surface area contributed by atoms with Crippen molar-refractivity contribution in [2.45, 2.75) is 4.90 Å². The first-order valence-electron chi connectivity index (χ1n) is 5.89. The highest BCUT2D eigenvalue weighted by atomic mass is 32.2. The Morgan fingerprint density at radius 2 is 1.81 bits per heavy atom. The van der Waals surface area contributed by atoms with Gasteiger partial charge in [-0.25, -0.2) is 21.9 Å². The molecule has 0 saturated carbocycles. The molecule has 0 unspecified atom stereocenters. The van der Waals surface area contributed by atoms with Crippen LogP contribution in [0.15, 0.2) is 41.3 Å². The second-order valence-electron chi connectivity index (χ2n) is 4.18. The van der Waals surface area contributed by atoms with Crippen LogP contribution in [0.25, 0.3) is 0 Å². The lowest BCUT2D eigenvalue weighted by Crippen LogP contribution is -2.18. The minimum atomic E-state index is -3.66. The van der Waals surface area contributed by atoms with Crippen molar-refractivity contribution < 1.29 is 17.2 Å². The number of nitrogens with one attached hydrogen (secondary N) is 2. The second-order valence-corrected chi connectivity index (χ2v) is 6.07. The fourth-order valence-electron chi connectivity index (χ4n) is 1.67. The van der Waals surface area contributed by atoms with Gasteiger partial charge in [-0.2, -0.15) is 0 Å². The van der Waals surface area contributed by atoms with E-state index in [-0.39, 0.29) is 22.0 Å². The normalized spacial score (nSPS) is 11.4. The van der Waals surface area contributed by atoms with Crippen molar-refractivity contribution in [1.29, 1.82) is 0 Å². The molecular formula is C13H13F2N3O2S. The van der Waals surface area contributed by atoms with Crippen LogP contribution < -0.4 is 15.8 Å². The van der Waals surface area contributed by atoms with Gasteiger partial charge in [0, 0.05) is 0 Å². The number of anilines is 3. The Labute approximate surface area is 120 Å². The zero-order valence-electron chi connectivity index (χ0n) is 11.0. The van der Waals surface area contributed by atoms with E-state index in [9.17, 15) is 17.2 Å². The number of nitrogens with two attached hydrogens (primary N) is 1. The summed E-state index contributed by atoms with van der Waals surface area (Å²) in [6.45, 7) is 0. The van der Waals surface area contributed by atoms with Crippen LogP contribution in [-0.4, -0.2) is 15.5 Å². The molecule has 2 aromatic rings. The number of hydrogen-bond donors (Lipinski definition) is 3. The van der Waals surface area contributed by atoms with E-state index in [1.165, 1.54) is 37.4 Å². The summed E-state index contributed by atoms with van der Waals surface area (Å²) in [6.07, 6.45) is 0. The molecule has 0 fully saturated rings. The van der Waals surface area contributed by atoms with Gasteiger partial charge in [0.25, 0.3) is 0 Å². The van der Waals surface area contributed by atoms with Gasteiger partial charge in [0.1, 0.15) is 0 Å². The summed E-state index contributed by atoms with van der Waals surface area (Å²) in [5.41, 5.74) is 5.94. The van der Waals surface area contributed by atoms with Crippen molar-refractivity contribution in [2.24, 2.45) is 0 Å². The number of halogens is 2. The molecular weight excluding hydrogens is 300 g/mol. The van der Waals surface area contributed by atoms with Crippen molar-refractivity contribution in [1.82, 2.24) is 4.72 Å². The minimum Gasteiger partial charge on any atom is -0.397 e. The van der Waals surface area contributed by atoms with Crippen molar-refractivity contribution >= 4 is 27.1 Å². The Morgan fingerprint density at radius 1 is 1.10 bits per heavy atom. The molecule has 0 radical (unpaired) electrons. The fourth-order valence-corrected chi connectivity index (χ4v) is 2.43. The number of hydrogen-bond acceptors (Lipinski definition) is 4. The summed E-state index contributed by atoms with van der Waals surface area (Å²) in [7, 11) is -2.39. The molecule has 0 spiro atoms. The van der Waals surface area contributed by atoms with Crippen LogP contribution in [0, 0.1) is 11.6 Å². The van der Waals surface area contributed by atoms with E-state index >= 15 is 0 Å². The monoisotopic (exact) mass is 313 g/mol. The molecule has 2 rings (SSSR count). The van der Waals surface area contributed by atoms with Crippen molar-refractivity contribution in [3.05, 3.63) is 48.0 Å². The van der Waals surface area contributed by atoms with E-state index in [0.717, 1.165) is 6.07 Å². The first kappa shape index (κ1) is 15.2. The van der Waals surface area contributed by atoms with Crippen LogP contribution in [0.3, 0.4) is 0 Å². The van der Waals surface area contributed by atoms with Crippen LogP contribution in [0.5, 0.6) is 0 Å². The van der Waals surface area contributed by atoms with Crippen LogP contribution in [0.1, 0.15) is 0 Å². The summed E-state index contributed by atoms with van der Waals surface area (Å²) >= 11 is 0. The Hall–Kier alpha value is -2.19. The molecule has 0 aliphatic heterocycles. The highest BCUT2D eigenvalue weighted by molar-refractivity contribution is 7.89. The zero-order chi connectivity index (χ0) is 15.6. The maximum absolute atomic E-state index is 13.6. The average molecular weight is 313 g/mol. The number of rotatable bonds is 4. The third-order valence-corrected chi connectivity index (χ3v) is 4.24. The first-order chi connectivity index (χ1) is 9.85. The molecule has 0 saturated heterocycles. The van der Waals surface area contributed by atoms with Gasteiger partial charge in [0.15, 0.2) is 11.6 Å². The molecule has 0 bridgehead atoms. The SMILES string of the molecule is CNS(=O)(=O)c1ccc(N)c(Nc2cccc(F)c2F)c1. The summed E-state index contributed by atoms with van der Waals surface area (Å²) in [4.78, 5) is -0.0430. The van der Waals surface area contributed by atoms with Gasteiger partial charge < -0.3 is 11.1 Å². The molecule has 0 amide bonds. The lowest BCUT2D eigenvalue weighted by Gasteiger charge is -2.12. The summed E-state index contributed by atoms with van der Waals surface area (Å²) in [6, 6.07) is 7.54. The van der Waals surface area contributed by atoms with Crippen molar-refractivity contribution in [3.63, 3.8) is 0 Å². The Morgan fingerprint density at radius 3 is 2.48 bits per heavy atom. The quantitative estimate of drug-likeness (QED) is 0.756. The van der Waals surface area contributed by atoms with E-state index in [1.54, 1.807) is 0 Å². The topological polar surface area (TPSA) is 84.2 Å². The van der Waals surface area contributed by atoms with Crippen LogP contribution in [0.2, 0.25) is 0 Å². The third-order valence-electron chi connectivity index (χ3n) is 2.82. The highest BCUT2D eigenvalue weighted by Crippen LogP contribution is 2.28. The number of nitrogen functional groups attached to an aromatic ring is 1. The number of benzene rings is 2. The molecule has 2 aromatic carbocycles. The molecule has 5 nitrogen and oxygen atoms in total. The molecule has 4 N–H and O–H groups in total. The predicted octanol–water partition coefficient (Wildman–Crippen LogP) is 2.20. The zero-order valence-corrected chi connectivity index (χ0v) is 11.8. The van der Waals surface area contributed by atoms with Crippen LogP contribution in [0.4, 0.5) is 25.8 Å². The highest BCUT2D eigenvalue weighted by Gasteiger charge is 2.14. The van der Waals surface area contributed by atoms with Gasteiger partial charge in [0.05, 0.1) is 22.0 Å². The lowest BCUT2D eigenvalue weighted by molar-refractivity contribution is 0.512. The molecule has 0 heterocycles. The smallest absolute Gasteiger partial charge is 0.240 e. The van der Waals surface area contributed by atoms with Crippen molar-refractivity contribution in [2.75, 3.05) is 18.1 Å². The van der Waals surface area contributed by atoms with Crippen molar-refractivity contribution in [3.8, 4) is 0 Å². The van der Waals surface area contributed by atoms with Gasteiger partial charge in [-0.15, -0.1) is 0 Å². The maximum atomic E-state index is 13.6. The summed E-state index contributed by atoms with van der Waals surface area (Å²) < 4.78 is 52.4. The fraction of sp³-hybridized carbons (Fsp3) is 0.0769. The third kappa shape index (κ3) is 3.11. The molecule has 112 valence electrons. The molecule has 8 heteroatoms. The van der Waals surface area contributed by atoms with Gasteiger partial charge >= 0.3 is 0 Å². The van der Waals surface area contributed by atoms with E-state index in [4.69, 9.17) is 5.73 Å². The van der Waals surface area contributed by atoms with Gasteiger partial charge in [-0.1, -0.05) is 6.07 Å². The van der Waals surface area contributed by atoms with Crippen LogP contribution in [-0.2, 0) is 10.0 Å². The van der Waals surface area contributed by atoms with Gasteiger partial charge in [-0.3, -0.25) is 0 Å². The molecule has 0 aliphatic carbocycles. The lowest BCUT2D eigenvalue weighted by atomic mass is 10.2. The largest absolute Gasteiger partial charge is 0.397 e. The maximum Gasteiger partial charge on any atom is 0.240 e. The molecule has 0 aromatic heterocycles. The predicted molar refractivity (Wildman–Crippen MR) is 76.7 cm³/mol. The van der Waals surface area contributed by atoms with Gasteiger partial charge in [-0.05, 0) is 37.4 Å². The molecule has 0 atom stereocenters. The number of sulfonamides is 1. The molecule has 21 heavy (non-hydrogen) atoms. The molecule has 0 aliphatic rings. The Kier molecular flexibility index (Phi) is 4.10. The van der Waals surface area contributed by atoms with E-state index in [2.05, 4.69) is 10.0 Å². The van der Waals surface area contributed by atoms with E-state index < -0.39 is 21.7 Å². The first-order valence-corrected chi connectivity index (χ1v) is 7.37. The average Bonchev–Trinajstić information content (AvgIpc) is 2.46. The Bertz CT molecular complexity index is 779. The van der Waals surface area contributed by atoms with Crippen LogP contribution >= 0.6 is 0 Å². The van der Waals surface area contributed by atoms with E-state index in [0.29, 0.717) is 0 Å². The summed E-state index contributed by atoms with van der Waals surface area (Å²) in [5, 5.41) is 2.59. The Balaban J connectivity index is 2.45.